The molecular formula is C65H45N. The van der Waals surface area contributed by atoms with Crippen LogP contribution in [-0.4, -0.2) is 0 Å². The third-order valence-electron chi connectivity index (χ3n) is 13.6. The highest BCUT2D eigenvalue weighted by Gasteiger charge is 2.46. The molecule has 1 heteroatoms. The third-order valence-corrected chi connectivity index (χ3v) is 13.6. The standard InChI is InChI=1S/C65H45N/c1-5-21-48(22-6-1)56-30-15-16-32-60(56)64-57(49-23-7-2-8-24-49)33-19-35-63(64)66(54-40-38-47(39-41-54)51-37-36-46-20-13-14-25-50(46)44-51)55-42-43-59-58-31-17-18-34-61(58)65(62(59)45-55,52-26-9-3-10-27-52)53-28-11-4-12-29-53/h1-45H. The molecule has 1 nitrogen and oxygen atoms in total. The van der Waals surface area contributed by atoms with Crippen molar-refractivity contribution in [3.05, 3.63) is 295 Å². The number of benzene rings is 11. The average Bonchev–Trinajstić information content (AvgIpc) is 3.70. The first-order valence-electron chi connectivity index (χ1n) is 22.8. The van der Waals surface area contributed by atoms with Crippen molar-refractivity contribution in [2.24, 2.45) is 0 Å². The lowest BCUT2D eigenvalue weighted by Crippen LogP contribution is -2.28. The molecular weight excluding hydrogens is 795 g/mol. The minimum Gasteiger partial charge on any atom is -0.310 e. The van der Waals surface area contributed by atoms with E-state index in [2.05, 4.69) is 278 Å². The van der Waals surface area contributed by atoms with Crippen LogP contribution in [0, 0.1) is 0 Å². The van der Waals surface area contributed by atoms with Crippen molar-refractivity contribution >= 4 is 27.8 Å². The topological polar surface area (TPSA) is 3.24 Å². The van der Waals surface area contributed by atoms with Gasteiger partial charge in [-0.3, -0.25) is 0 Å². The van der Waals surface area contributed by atoms with Crippen molar-refractivity contribution in [3.8, 4) is 55.6 Å². The Kier molecular flexibility index (Phi) is 9.81. The molecule has 0 N–H and O–H groups in total. The summed E-state index contributed by atoms with van der Waals surface area (Å²) >= 11 is 0. The Labute approximate surface area is 387 Å². The predicted molar refractivity (Wildman–Crippen MR) is 278 cm³/mol. The molecule has 0 saturated heterocycles. The van der Waals surface area contributed by atoms with E-state index in [0.29, 0.717) is 0 Å². The zero-order valence-corrected chi connectivity index (χ0v) is 36.4. The molecule has 12 rings (SSSR count). The smallest absolute Gasteiger partial charge is 0.0714 e. The van der Waals surface area contributed by atoms with Gasteiger partial charge in [-0.2, -0.15) is 0 Å². The Hall–Kier alpha value is -8.52. The molecule has 66 heavy (non-hydrogen) atoms. The van der Waals surface area contributed by atoms with Crippen molar-refractivity contribution in [2.75, 3.05) is 4.90 Å². The Balaban J connectivity index is 1.14. The Bertz CT molecular complexity index is 3460. The van der Waals surface area contributed by atoms with Crippen molar-refractivity contribution in [2.45, 2.75) is 5.41 Å². The van der Waals surface area contributed by atoms with E-state index in [1.54, 1.807) is 0 Å². The molecule has 1 aliphatic carbocycles. The molecule has 0 amide bonds. The molecule has 0 spiro atoms. The van der Waals surface area contributed by atoms with Gasteiger partial charge in [0.2, 0.25) is 0 Å². The van der Waals surface area contributed by atoms with E-state index in [-0.39, 0.29) is 0 Å². The summed E-state index contributed by atoms with van der Waals surface area (Å²) in [6, 6.07) is 100. The molecule has 0 radical (unpaired) electrons. The molecule has 0 aromatic heterocycles. The van der Waals surface area contributed by atoms with Crippen LogP contribution in [0.5, 0.6) is 0 Å². The van der Waals surface area contributed by atoms with Crippen LogP contribution in [0.1, 0.15) is 22.3 Å². The maximum absolute atomic E-state index is 2.50. The lowest BCUT2D eigenvalue weighted by molar-refractivity contribution is 0.768. The highest BCUT2D eigenvalue weighted by molar-refractivity contribution is 6.02. The van der Waals surface area contributed by atoms with Crippen molar-refractivity contribution in [1.82, 2.24) is 0 Å². The molecule has 0 heterocycles. The van der Waals surface area contributed by atoms with Crippen molar-refractivity contribution in [1.29, 1.82) is 0 Å². The zero-order chi connectivity index (χ0) is 43.9. The molecule has 0 unspecified atom stereocenters. The number of nitrogens with zero attached hydrogens (tertiary/aromatic N) is 1. The van der Waals surface area contributed by atoms with Gasteiger partial charge in [-0.05, 0) is 119 Å². The predicted octanol–water partition coefficient (Wildman–Crippen LogP) is 17.3. The summed E-state index contributed by atoms with van der Waals surface area (Å²) in [5.41, 5.74) is 19.7. The normalized spacial score (nSPS) is 12.4. The van der Waals surface area contributed by atoms with E-state index in [9.17, 15) is 0 Å². The van der Waals surface area contributed by atoms with Crippen LogP contribution in [0.25, 0.3) is 66.4 Å². The monoisotopic (exact) mass is 839 g/mol. The minimum absolute atomic E-state index is 0.551. The van der Waals surface area contributed by atoms with Gasteiger partial charge >= 0.3 is 0 Å². The first kappa shape index (κ1) is 39.1. The summed E-state index contributed by atoms with van der Waals surface area (Å²) < 4.78 is 0. The van der Waals surface area contributed by atoms with Crippen LogP contribution in [0.3, 0.4) is 0 Å². The van der Waals surface area contributed by atoms with E-state index in [0.717, 1.165) is 17.1 Å². The Morgan fingerprint density at radius 1 is 0.258 bits per heavy atom. The van der Waals surface area contributed by atoms with E-state index < -0.39 is 5.41 Å². The van der Waals surface area contributed by atoms with Crippen LogP contribution in [0.2, 0.25) is 0 Å². The second-order valence-electron chi connectivity index (χ2n) is 17.2. The minimum atomic E-state index is -0.551. The average molecular weight is 840 g/mol. The molecule has 11 aromatic rings. The highest BCUT2D eigenvalue weighted by atomic mass is 15.1. The van der Waals surface area contributed by atoms with E-state index >= 15 is 0 Å². The molecule has 0 atom stereocenters. The summed E-state index contributed by atoms with van der Waals surface area (Å²) in [4.78, 5) is 2.50. The molecule has 0 aliphatic heterocycles. The lowest BCUT2D eigenvalue weighted by Gasteiger charge is -2.35. The van der Waals surface area contributed by atoms with Crippen LogP contribution in [0.4, 0.5) is 17.1 Å². The van der Waals surface area contributed by atoms with Gasteiger partial charge in [0.05, 0.1) is 11.1 Å². The summed E-state index contributed by atoms with van der Waals surface area (Å²) in [6.07, 6.45) is 0. The molecule has 0 fully saturated rings. The second kappa shape index (κ2) is 16.6. The van der Waals surface area contributed by atoms with Crippen molar-refractivity contribution in [3.63, 3.8) is 0 Å². The summed E-state index contributed by atoms with van der Waals surface area (Å²) in [7, 11) is 0. The molecule has 310 valence electrons. The maximum Gasteiger partial charge on any atom is 0.0714 e. The van der Waals surface area contributed by atoms with Gasteiger partial charge in [0, 0.05) is 16.9 Å². The molecule has 1 aliphatic rings. The Morgan fingerprint density at radius 3 is 1.44 bits per heavy atom. The molecule has 0 saturated carbocycles. The van der Waals surface area contributed by atoms with Gasteiger partial charge in [-0.1, -0.05) is 237 Å². The SMILES string of the molecule is c1ccc(-c2ccccc2-c2c(-c3ccccc3)cccc2N(c2ccc(-c3ccc4ccccc4c3)cc2)c2ccc3c(c2)C(c2ccccc2)(c2ccccc2)c2ccccc2-3)cc1. The first-order chi connectivity index (χ1) is 32.8. The summed E-state index contributed by atoms with van der Waals surface area (Å²) in [5, 5.41) is 2.48. The van der Waals surface area contributed by atoms with E-state index in [4.69, 9.17) is 0 Å². The number of hydrogen-bond donors (Lipinski definition) is 0. The lowest BCUT2D eigenvalue weighted by atomic mass is 9.67. The largest absolute Gasteiger partial charge is 0.310 e. The quantitative estimate of drug-likeness (QED) is 0.140. The zero-order valence-electron chi connectivity index (χ0n) is 36.4. The fourth-order valence-electron chi connectivity index (χ4n) is 10.6. The van der Waals surface area contributed by atoms with Crippen LogP contribution in [-0.2, 0) is 5.41 Å². The maximum atomic E-state index is 2.50. The molecule has 0 bridgehead atoms. The Morgan fingerprint density at radius 2 is 0.758 bits per heavy atom. The van der Waals surface area contributed by atoms with Gasteiger partial charge < -0.3 is 4.90 Å². The van der Waals surface area contributed by atoms with Crippen LogP contribution >= 0.6 is 0 Å². The van der Waals surface area contributed by atoms with Gasteiger partial charge in [0.1, 0.15) is 0 Å². The fraction of sp³-hybridized carbons (Fsp3) is 0.0154. The number of rotatable bonds is 9. The summed E-state index contributed by atoms with van der Waals surface area (Å²) in [5.74, 6) is 0. The van der Waals surface area contributed by atoms with Gasteiger partial charge in [-0.25, -0.2) is 0 Å². The van der Waals surface area contributed by atoms with E-state index in [1.165, 1.54) is 88.7 Å². The van der Waals surface area contributed by atoms with Crippen LogP contribution in [0.15, 0.2) is 273 Å². The van der Waals surface area contributed by atoms with Gasteiger partial charge in [0.15, 0.2) is 0 Å². The number of fused-ring (bicyclic) bond motifs is 4. The number of hydrogen-bond acceptors (Lipinski definition) is 1. The van der Waals surface area contributed by atoms with Gasteiger partial charge in [0.25, 0.3) is 0 Å². The van der Waals surface area contributed by atoms with Crippen molar-refractivity contribution < 1.29 is 0 Å². The first-order valence-corrected chi connectivity index (χ1v) is 22.8. The van der Waals surface area contributed by atoms with Crippen LogP contribution < -0.4 is 4.90 Å². The highest BCUT2D eigenvalue weighted by Crippen LogP contribution is 2.58. The fourth-order valence-corrected chi connectivity index (χ4v) is 10.6. The van der Waals surface area contributed by atoms with Gasteiger partial charge in [-0.15, -0.1) is 0 Å². The number of anilines is 3. The third kappa shape index (κ3) is 6.56. The molecule has 11 aromatic carbocycles. The van der Waals surface area contributed by atoms with E-state index in [1.807, 2.05) is 0 Å². The summed E-state index contributed by atoms with van der Waals surface area (Å²) in [6.45, 7) is 0. The second-order valence-corrected chi connectivity index (χ2v) is 17.2.